The van der Waals surface area contributed by atoms with Crippen LogP contribution in [0.2, 0.25) is 0 Å². The lowest BCUT2D eigenvalue weighted by Crippen LogP contribution is -1.85. The Kier molecular flexibility index (Phi) is 2.18. The zero-order valence-corrected chi connectivity index (χ0v) is 12.2. The quantitative estimate of drug-likeness (QED) is 0.364. The van der Waals surface area contributed by atoms with E-state index in [0.29, 0.717) is 0 Å². The summed E-state index contributed by atoms with van der Waals surface area (Å²) in [6, 6.07) is 17.0. The molecule has 0 atom stereocenters. The number of aryl methyl sites for hydroxylation is 1. The summed E-state index contributed by atoms with van der Waals surface area (Å²) in [6.07, 6.45) is 6.40. The van der Waals surface area contributed by atoms with Gasteiger partial charge >= 0.3 is 0 Å². The summed E-state index contributed by atoms with van der Waals surface area (Å²) >= 11 is 0. The van der Waals surface area contributed by atoms with Crippen LogP contribution in [0, 0.1) is 0 Å². The van der Waals surface area contributed by atoms with Gasteiger partial charge in [-0.25, -0.2) is 0 Å². The maximum Gasteiger partial charge on any atom is 0.0793 e. The molecule has 0 bridgehead atoms. The van der Waals surface area contributed by atoms with E-state index in [1.165, 1.54) is 37.7 Å². The molecule has 22 heavy (non-hydrogen) atoms. The molecule has 2 nitrogen and oxygen atoms in total. The molecule has 2 aromatic heterocycles. The van der Waals surface area contributed by atoms with Crippen molar-refractivity contribution in [2.24, 2.45) is 7.05 Å². The van der Waals surface area contributed by atoms with Gasteiger partial charge in [0, 0.05) is 52.6 Å². The molecular formula is C20H14N2. The van der Waals surface area contributed by atoms with Crippen LogP contribution in [-0.2, 0) is 7.05 Å². The second-order valence-electron chi connectivity index (χ2n) is 5.87. The lowest BCUT2D eigenvalue weighted by atomic mass is 9.97. The van der Waals surface area contributed by atoms with E-state index in [1.807, 2.05) is 6.20 Å². The third kappa shape index (κ3) is 1.41. The van der Waals surface area contributed by atoms with Crippen molar-refractivity contribution < 1.29 is 0 Å². The Morgan fingerprint density at radius 2 is 1.41 bits per heavy atom. The van der Waals surface area contributed by atoms with Gasteiger partial charge < -0.3 is 4.57 Å². The van der Waals surface area contributed by atoms with Crippen molar-refractivity contribution in [2.45, 2.75) is 0 Å². The van der Waals surface area contributed by atoms with Crippen LogP contribution < -0.4 is 0 Å². The van der Waals surface area contributed by atoms with Gasteiger partial charge in [-0.3, -0.25) is 4.98 Å². The smallest absolute Gasteiger partial charge is 0.0793 e. The summed E-state index contributed by atoms with van der Waals surface area (Å²) < 4.78 is 2.14. The van der Waals surface area contributed by atoms with Gasteiger partial charge in [0.2, 0.25) is 0 Å². The number of rotatable bonds is 0. The monoisotopic (exact) mass is 282 g/mol. The van der Waals surface area contributed by atoms with E-state index in [2.05, 4.69) is 72.5 Å². The Morgan fingerprint density at radius 1 is 0.727 bits per heavy atom. The molecule has 0 aliphatic carbocycles. The van der Waals surface area contributed by atoms with Crippen LogP contribution in [0.15, 0.2) is 67.1 Å². The molecule has 2 heterocycles. The highest BCUT2D eigenvalue weighted by atomic mass is 14.9. The molecule has 0 unspecified atom stereocenters. The molecule has 0 saturated carbocycles. The summed E-state index contributed by atoms with van der Waals surface area (Å²) in [5, 5.41) is 8.79. The lowest BCUT2D eigenvalue weighted by molar-refractivity contribution is 0.934. The summed E-state index contributed by atoms with van der Waals surface area (Å²) in [6.45, 7) is 0. The number of hydrogen-bond acceptors (Lipinski definition) is 1. The van der Waals surface area contributed by atoms with Crippen molar-refractivity contribution in [3.63, 3.8) is 0 Å². The SMILES string of the molecule is Cn1cc2c3ccccc3c3ncc4ccccc4c3c2c1. The van der Waals surface area contributed by atoms with Crippen LogP contribution >= 0.6 is 0 Å². The molecule has 5 rings (SSSR count). The van der Waals surface area contributed by atoms with Crippen molar-refractivity contribution >= 4 is 43.2 Å². The Morgan fingerprint density at radius 3 is 2.27 bits per heavy atom. The first-order valence-corrected chi connectivity index (χ1v) is 7.47. The van der Waals surface area contributed by atoms with Crippen LogP contribution in [0.3, 0.4) is 0 Å². The summed E-state index contributed by atoms with van der Waals surface area (Å²) in [5.41, 5.74) is 1.09. The van der Waals surface area contributed by atoms with Crippen LogP contribution in [0.5, 0.6) is 0 Å². The standard InChI is InChI=1S/C20H14N2/c1-22-11-17-15-8-4-5-9-16(15)20-19(18(17)12-22)14-7-3-2-6-13(14)10-21-20/h2-12H,1H3. The molecule has 5 aromatic rings. The highest BCUT2D eigenvalue weighted by Gasteiger charge is 2.13. The van der Waals surface area contributed by atoms with Crippen molar-refractivity contribution in [2.75, 3.05) is 0 Å². The third-order valence-corrected chi connectivity index (χ3v) is 4.50. The summed E-state index contributed by atoms with van der Waals surface area (Å²) in [7, 11) is 2.08. The molecule has 0 N–H and O–H groups in total. The van der Waals surface area contributed by atoms with E-state index in [4.69, 9.17) is 4.98 Å². The van der Waals surface area contributed by atoms with Crippen molar-refractivity contribution in [3.8, 4) is 0 Å². The zero-order chi connectivity index (χ0) is 14.7. The molecule has 0 radical (unpaired) electrons. The van der Waals surface area contributed by atoms with Crippen LogP contribution in [0.25, 0.3) is 43.2 Å². The van der Waals surface area contributed by atoms with E-state index in [0.717, 1.165) is 5.52 Å². The number of aromatic nitrogens is 2. The zero-order valence-electron chi connectivity index (χ0n) is 12.2. The molecule has 0 aliphatic heterocycles. The normalized spacial score (nSPS) is 11.9. The number of benzene rings is 3. The van der Waals surface area contributed by atoms with Gasteiger partial charge in [0.25, 0.3) is 0 Å². The molecule has 104 valence electrons. The minimum Gasteiger partial charge on any atom is -0.356 e. The fourth-order valence-corrected chi connectivity index (χ4v) is 3.56. The Bertz CT molecular complexity index is 1180. The van der Waals surface area contributed by atoms with E-state index in [-0.39, 0.29) is 0 Å². The van der Waals surface area contributed by atoms with Gasteiger partial charge in [-0.15, -0.1) is 0 Å². The second-order valence-corrected chi connectivity index (χ2v) is 5.87. The largest absolute Gasteiger partial charge is 0.356 e. The molecule has 2 heteroatoms. The Labute approximate surface area is 127 Å². The average molecular weight is 282 g/mol. The molecule has 0 spiro atoms. The first-order chi connectivity index (χ1) is 10.8. The minimum atomic E-state index is 1.09. The molecule has 0 saturated heterocycles. The predicted octanol–water partition coefficient (Wildman–Crippen LogP) is 5.03. The third-order valence-electron chi connectivity index (χ3n) is 4.50. The van der Waals surface area contributed by atoms with Crippen molar-refractivity contribution in [1.29, 1.82) is 0 Å². The van der Waals surface area contributed by atoms with Gasteiger partial charge in [0.05, 0.1) is 5.52 Å². The summed E-state index contributed by atoms with van der Waals surface area (Å²) in [5.74, 6) is 0. The number of fused-ring (bicyclic) bond motifs is 8. The fourth-order valence-electron chi connectivity index (χ4n) is 3.56. The first-order valence-electron chi connectivity index (χ1n) is 7.47. The molecule has 0 fully saturated rings. The fraction of sp³-hybridized carbons (Fsp3) is 0.0500. The molecular weight excluding hydrogens is 268 g/mol. The van der Waals surface area contributed by atoms with Crippen LogP contribution in [-0.4, -0.2) is 9.55 Å². The van der Waals surface area contributed by atoms with E-state index >= 15 is 0 Å². The number of hydrogen-bond donors (Lipinski definition) is 0. The van der Waals surface area contributed by atoms with Crippen LogP contribution in [0.4, 0.5) is 0 Å². The van der Waals surface area contributed by atoms with Gasteiger partial charge in [-0.1, -0.05) is 48.5 Å². The Balaban J connectivity index is 2.23. The second kappa shape index (κ2) is 4.08. The predicted molar refractivity (Wildman–Crippen MR) is 93.2 cm³/mol. The maximum absolute atomic E-state index is 4.79. The minimum absolute atomic E-state index is 1.09. The highest BCUT2D eigenvalue weighted by molar-refractivity contribution is 6.30. The van der Waals surface area contributed by atoms with Gasteiger partial charge in [-0.05, 0) is 10.8 Å². The molecule has 3 aromatic carbocycles. The topological polar surface area (TPSA) is 17.8 Å². The highest BCUT2D eigenvalue weighted by Crippen LogP contribution is 2.37. The van der Waals surface area contributed by atoms with E-state index < -0.39 is 0 Å². The first kappa shape index (κ1) is 11.8. The number of nitrogens with zero attached hydrogens (tertiary/aromatic N) is 2. The maximum atomic E-state index is 4.79. The van der Waals surface area contributed by atoms with Crippen molar-refractivity contribution in [3.05, 3.63) is 67.1 Å². The lowest BCUT2D eigenvalue weighted by Gasteiger charge is -2.09. The van der Waals surface area contributed by atoms with Crippen LogP contribution in [0.1, 0.15) is 0 Å². The average Bonchev–Trinajstić information content (AvgIpc) is 2.96. The number of pyridine rings is 1. The van der Waals surface area contributed by atoms with Gasteiger partial charge in [0.15, 0.2) is 0 Å². The Hall–Kier alpha value is -2.87. The summed E-state index contributed by atoms with van der Waals surface area (Å²) in [4.78, 5) is 4.79. The van der Waals surface area contributed by atoms with E-state index in [9.17, 15) is 0 Å². The molecule has 0 aliphatic rings. The van der Waals surface area contributed by atoms with Gasteiger partial charge in [0.1, 0.15) is 0 Å². The van der Waals surface area contributed by atoms with Crippen molar-refractivity contribution in [1.82, 2.24) is 9.55 Å². The van der Waals surface area contributed by atoms with Gasteiger partial charge in [-0.2, -0.15) is 0 Å². The molecule has 0 amide bonds. The van der Waals surface area contributed by atoms with E-state index in [1.54, 1.807) is 0 Å².